The molecule has 1 aromatic rings. The molecule has 1 atom stereocenters. The molecule has 1 amide bonds. The normalized spacial score (nSPS) is 12.5. The average molecular weight is 204 g/mol. The van der Waals surface area contributed by atoms with Gasteiger partial charge in [-0.2, -0.15) is 0 Å². The van der Waals surface area contributed by atoms with Crippen molar-refractivity contribution in [2.75, 3.05) is 0 Å². The van der Waals surface area contributed by atoms with Crippen molar-refractivity contribution in [1.82, 2.24) is 5.32 Å². The Hall–Kier alpha value is -0.540. The maximum atomic E-state index is 11.0. The maximum absolute atomic E-state index is 11.0. The van der Waals surface area contributed by atoms with Crippen LogP contribution in [0.3, 0.4) is 0 Å². The smallest absolute Gasteiger partial charge is 0.238 e. The van der Waals surface area contributed by atoms with Crippen LogP contribution < -0.4 is 5.32 Å². The standard InChI is InChI=1S/C8H10ClNOS/c1-6(9)8(11)10-5-7-3-2-4-12-7/h2-4,6H,5H2,1H3,(H,10,11)/t6-/m1/s1. The van der Waals surface area contributed by atoms with E-state index in [9.17, 15) is 4.79 Å². The zero-order chi connectivity index (χ0) is 8.97. The van der Waals surface area contributed by atoms with Gasteiger partial charge in [-0.05, 0) is 18.4 Å². The van der Waals surface area contributed by atoms with E-state index >= 15 is 0 Å². The number of hydrogen-bond acceptors (Lipinski definition) is 2. The molecule has 2 nitrogen and oxygen atoms in total. The molecule has 0 bridgehead atoms. The fraction of sp³-hybridized carbons (Fsp3) is 0.375. The lowest BCUT2D eigenvalue weighted by Gasteiger charge is -2.03. The molecule has 66 valence electrons. The van der Waals surface area contributed by atoms with Crippen molar-refractivity contribution in [3.8, 4) is 0 Å². The van der Waals surface area contributed by atoms with E-state index < -0.39 is 5.38 Å². The average Bonchev–Trinajstić information content (AvgIpc) is 2.51. The van der Waals surface area contributed by atoms with Crippen LogP contribution in [-0.2, 0) is 11.3 Å². The lowest BCUT2D eigenvalue weighted by molar-refractivity contribution is -0.120. The molecule has 0 aliphatic heterocycles. The van der Waals surface area contributed by atoms with Gasteiger partial charge in [0.05, 0.1) is 6.54 Å². The number of rotatable bonds is 3. The van der Waals surface area contributed by atoms with Gasteiger partial charge in [0.25, 0.3) is 0 Å². The highest BCUT2D eigenvalue weighted by atomic mass is 35.5. The summed E-state index contributed by atoms with van der Waals surface area (Å²) in [5.74, 6) is -0.120. The number of amides is 1. The largest absolute Gasteiger partial charge is 0.350 e. The van der Waals surface area contributed by atoms with Crippen molar-refractivity contribution in [2.24, 2.45) is 0 Å². The van der Waals surface area contributed by atoms with Gasteiger partial charge in [-0.25, -0.2) is 0 Å². The van der Waals surface area contributed by atoms with Gasteiger partial charge in [-0.1, -0.05) is 6.07 Å². The molecule has 0 fully saturated rings. The SMILES string of the molecule is C[C@@H](Cl)C(=O)NCc1cccs1. The molecule has 0 saturated carbocycles. The van der Waals surface area contributed by atoms with Crippen LogP contribution in [0.5, 0.6) is 0 Å². The first-order valence-electron chi connectivity index (χ1n) is 3.64. The first-order chi connectivity index (χ1) is 5.70. The molecule has 0 unspecified atom stereocenters. The molecule has 0 aliphatic rings. The lowest BCUT2D eigenvalue weighted by Crippen LogP contribution is -2.28. The fourth-order valence-corrected chi connectivity index (χ4v) is 1.45. The number of carbonyl (C=O) groups excluding carboxylic acids is 1. The van der Waals surface area contributed by atoms with E-state index in [1.165, 1.54) is 0 Å². The van der Waals surface area contributed by atoms with E-state index in [2.05, 4.69) is 5.32 Å². The minimum Gasteiger partial charge on any atom is -0.350 e. The Bertz CT molecular complexity index is 246. The van der Waals surface area contributed by atoms with Gasteiger partial charge < -0.3 is 5.32 Å². The van der Waals surface area contributed by atoms with Crippen LogP contribution in [0.15, 0.2) is 17.5 Å². The van der Waals surface area contributed by atoms with Crippen LogP contribution in [-0.4, -0.2) is 11.3 Å². The maximum Gasteiger partial charge on any atom is 0.238 e. The zero-order valence-corrected chi connectivity index (χ0v) is 8.28. The molecular weight excluding hydrogens is 194 g/mol. The second kappa shape index (κ2) is 4.48. The van der Waals surface area contributed by atoms with Crippen LogP contribution in [0.1, 0.15) is 11.8 Å². The highest BCUT2D eigenvalue weighted by molar-refractivity contribution is 7.09. The van der Waals surface area contributed by atoms with Crippen molar-refractivity contribution in [3.05, 3.63) is 22.4 Å². The van der Waals surface area contributed by atoms with Crippen LogP contribution in [0.2, 0.25) is 0 Å². The third-order valence-corrected chi connectivity index (χ3v) is 2.45. The van der Waals surface area contributed by atoms with Gasteiger partial charge in [0.1, 0.15) is 5.38 Å². The Kier molecular flexibility index (Phi) is 3.56. The van der Waals surface area contributed by atoms with Gasteiger partial charge in [0.15, 0.2) is 0 Å². The molecule has 0 saturated heterocycles. The van der Waals surface area contributed by atoms with Gasteiger partial charge in [0, 0.05) is 4.88 Å². The Balaban J connectivity index is 2.32. The summed E-state index contributed by atoms with van der Waals surface area (Å²) in [6.07, 6.45) is 0. The van der Waals surface area contributed by atoms with E-state index in [1.807, 2.05) is 17.5 Å². The summed E-state index contributed by atoms with van der Waals surface area (Å²) in [7, 11) is 0. The fourth-order valence-electron chi connectivity index (χ4n) is 0.728. The number of carbonyl (C=O) groups is 1. The van der Waals surface area contributed by atoms with Crippen molar-refractivity contribution in [2.45, 2.75) is 18.8 Å². The van der Waals surface area contributed by atoms with Crippen molar-refractivity contribution < 1.29 is 4.79 Å². The number of hydrogen-bond donors (Lipinski definition) is 1. The van der Waals surface area contributed by atoms with Crippen LogP contribution >= 0.6 is 22.9 Å². The molecule has 1 N–H and O–H groups in total. The quantitative estimate of drug-likeness (QED) is 0.749. The van der Waals surface area contributed by atoms with Gasteiger partial charge >= 0.3 is 0 Å². The molecule has 4 heteroatoms. The summed E-state index contributed by atoms with van der Waals surface area (Å²) < 4.78 is 0. The van der Waals surface area contributed by atoms with Crippen molar-refractivity contribution in [1.29, 1.82) is 0 Å². The summed E-state index contributed by atoms with van der Waals surface area (Å²) in [4.78, 5) is 12.1. The van der Waals surface area contributed by atoms with Crippen molar-refractivity contribution >= 4 is 28.8 Å². The summed E-state index contributed by atoms with van der Waals surface area (Å²) in [6, 6.07) is 3.93. The van der Waals surface area contributed by atoms with E-state index in [-0.39, 0.29) is 5.91 Å². The van der Waals surface area contributed by atoms with Gasteiger partial charge in [0.2, 0.25) is 5.91 Å². The summed E-state index contributed by atoms with van der Waals surface area (Å²) >= 11 is 7.18. The van der Waals surface area contributed by atoms with E-state index in [0.717, 1.165) is 4.88 Å². The topological polar surface area (TPSA) is 29.1 Å². The number of halogens is 1. The summed E-state index contributed by atoms with van der Waals surface area (Å²) in [5.41, 5.74) is 0. The predicted octanol–water partition coefficient (Wildman–Crippen LogP) is 1.99. The molecule has 1 rings (SSSR count). The minimum atomic E-state index is -0.454. The number of alkyl halides is 1. The Morgan fingerprint density at radius 2 is 2.58 bits per heavy atom. The highest BCUT2D eigenvalue weighted by Gasteiger charge is 2.07. The Morgan fingerprint density at radius 1 is 1.83 bits per heavy atom. The number of thiophene rings is 1. The minimum absolute atomic E-state index is 0.120. The first kappa shape index (κ1) is 9.55. The third kappa shape index (κ3) is 2.83. The number of nitrogens with one attached hydrogen (secondary N) is 1. The predicted molar refractivity (Wildman–Crippen MR) is 51.5 cm³/mol. The van der Waals surface area contributed by atoms with Crippen molar-refractivity contribution in [3.63, 3.8) is 0 Å². The van der Waals surface area contributed by atoms with Gasteiger partial charge in [-0.3, -0.25) is 4.79 Å². The molecule has 0 spiro atoms. The third-order valence-electron chi connectivity index (χ3n) is 1.38. The molecule has 0 aliphatic carbocycles. The summed E-state index contributed by atoms with van der Waals surface area (Å²) in [5, 5.41) is 4.25. The molecule has 12 heavy (non-hydrogen) atoms. The Labute approximate surface area is 80.5 Å². The van der Waals surface area contributed by atoms with E-state index in [4.69, 9.17) is 11.6 Å². The second-order valence-electron chi connectivity index (χ2n) is 2.41. The summed E-state index contributed by atoms with van der Waals surface area (Å²) in [6.45, 7) is 2.23. The second-order valence-corrected chi connectivity index (χ2v) is 4.10. The van der Waals surface area contributed by atoms with Gasteiger partial charge in [-0.15, -0.1) is 22.9 Å². The molecular formula is C8H10ClNOS. The lowest BCUT2D eigenvalue weighted by atomic mass is 10.4. The van der Waals surface area contributed by atoms with Crippen LogP contribution in [0.25, 0.3) is 0 Å². The molecule has 0 radical (unpaired) electrons. The zero-order valence-electron chi connectivity index (χ0n) is 6.71. The monoisotopic (exact) mass is 203 g/mol. The first-order valence-corrected chi connectivity index (χ1v) is 4.96. The molecule has 1 aromatic heterocycles. The Morgan fingerprint density at radius 3 is 3.08 bits per heavy atom. The van der Waals surface area contributed by atoms with E-state index in [0.29, 0.717) is 6.54 Å². The van der Waals surface area contributed by atoms with Crippen LogP contribution in [0.4, 0.5) is 0 Å². The highest BCUT2D eigenvalue weighted by Crippen LogP contribution is 2.07. The molecule has 1 heterocycles. The van der Waals surface area contributed by atoms with E-state index in [1.54, 1.807) is 18.3 Å². The van der Waals surface area contributed by atoms with Crippen LogP contribution in [0, 0.1) is 0 Å². The molecule has 0 aromatic carbocycles.